The van der Waals surface area contributed by atoms with Crippen LogP contribution < -0.4 is 9.47 Å². The fourth-order valence-corrected chi connectivity index (χ4v) is 1.72. The summed E-state index contributed by atoms with van der Waals surface area (Å²) in [7, 11) is 2.29. The fraction of sp³-hybridized carbons (Fsp3) is 0.385. The van der Waals surface area contributed by atoms with Crippen molar-refractivity contribution in [2.75, 3.05) is 14.2 Å². The molecule has 0 aliphatic rings. The molecule has 0 fully saturated rings. The van der Waals surface area contributed by atoms with E-state index in [1.54, 1.807) is 6.92 Å². The van der Waals surface area contributed by atoms with Gasteiger partial charge in [0.1, 0.15) is 17.1 Å². The first-order valence-electron chi connectivity index (χ1n) is 5.92. The van der Waals surface area contributed by atoms with Gasteiger partial charge in [0.05, 0.1) is 19.1 Å². The number of rotatable bonds is 5. The molecule has 0 amide bonds. The quantitative estimate of drug-likeness (QED) is 0.614. The first kappa shape index (κ1) is 16.8. The topological polar surface area (TPSA) is 61.6 Å². The third-order valence-corrected chi connectivity index (χ3v) is 2.78. The minimum atomic E-state index is -4.61. The van der Waals surface area contributed by atoms with Crippen LogP contribution in [0.4, 0.5) is 13.2 Å². The molecule has 5 nitrogen and oxygen atoms in total. The van der Waals surface area contributed by atoms with Crippen molar-refractivity contribution in [1.82, 2.24) is 0 Å². The molecule has 116 valence electrons. The van der Waals surface area contributed by atoms with Crippen LogP contribution in [0.15, 0.2) is 17.8 Å². The zero-order valence-electron chi connectivity index (χ0n) is 11.7. The predicted octanol–water partition coefficient (Wildman–Crippen LogP) is 3.75. The molecular formula is C13H14F3NO4. The van der Waals surface area contributed by atoms with Gasteiger partial charge in [0.25, 0.3) is 0 Å². The lowest BCUT2D eigenvalue weighted by Crippen LogP contribution is -2.08. The molecule has 0 saturated heterocycles. The zero-order valence-corrected chi connectivity index (χ0v) is 11.7. The van der Waals surface area contributed by atoms with Crippen molar-refractivity contribution in [3.8, 4) is 11.5 Å². The predicted molar refractivity (Wildman–Crippen MR) is 69.8 cm³/mol. The second-order valence-corrected chi connectivity index (χ2v) is 4.04. The zero-order chi connectivity index (χ0) is 16.2. The summed E-state index contributed by atoms with van der Waals surface area (Å²) in [4.78, 5) is 10.2. The minimum absolute atomic E-state index is 0.115. The van der Waals surface area contributed by atoms with E-state index in [0.717, 1.165) is 19.2 Å². The maximum Gasteiger partial charge on any atom is 0.420 e. The first-order valence-corrected chi connectivity index (χ1v) is 5.92. The number of hydrogen-bond acceptors (Lipinski definition) is 4. The number of benzene rings is 1. The van der Waals surface area contributed by atoms with E-state index in [1.807, 2.05) is 0 Å². The monoisotopic (exact) mass is 305 g/mol. The Bertz CT molecular complexity index is 567. The van der Waals surface area contributed by atoms with Crippen molar-refractivity contribution in [2.24, 2.45) is 0 Å². The third-order valence-electron chi connectivity index (χ3n) is 2.78. The Morgan fingerprint density at radius 2 is 1.86 bits per heavy atom. The Kier molecular flexibility index (Phi) is 5.17. The van der Waals surface area contributed by atoms with Crippen molar-refractivity contribution >= 4 is 6.08 Å². The van der Waals surface area contributed by atoms with Crippen molar-refractivity contribution in [2.45, 2.75) is 19.5 Å². The smallest absolute Gasteiger partial charge is 0.420 e. The van der Waals surface area contributed by atoms with Crippen LogP contribution in [-0.2, 0) is 6.18 Å². The highest BCUT2D eigenvalue weighted by Crippen LogP contribution is 2.40. The number of ether oxygens (including phenoxy) is 2. The maximum absolute atomic E-state index is 12.9. The molecule has 0 radical (unpaired) electrons. The highest BCUT2D eigenvalue weighted by atomic mass is 19.4. The number of hydrogen-bond donors (Lipinski definition) is 0. The molecule has 0 saturated carbocycles. The summed E-state index contributed by atoms with van der Waals surface area (Å²) >= 11 is 0. The summed E-state index contributed by atoms with van der Waals surface area (Å²) in [5.74, 6) is -0.538. The second-order valence-electron chi connectivity index (χ2n) is 4.04. The second kappa shape index (κ2) is 6.47. The molecule has 0 spiro atoms. The maximum atomic E-state index is 12.9. The molecule has 0 atom stereocenters. The van der Waals surface area contributed by atoms with Crippen LogP contribution in [0, 0.1) is 10.1 Å². The molecule has 0 aliphatic heterocycles. The van der Waals surface area contributed by atoms with Crippen LogP contribution in [0.25, 0.3) is 6.08 Å². The first-order chi connectivity index (χ1) is 9.74. The van der Waals surface area contributed by atoms with Gasteiger partial charge < -0.3 is 9.47 Å². The minimum Gasteiger partial charge on any atom is -0.496 e. The number of alkyl halides is 3. The molecule has 1 rings (SSSR count). The fourth-order valence-electron chi connectivity index (χ4n) is 1.72. The van der Waals surface area contributed by atoms with Gasteiger partial charge in [0, 0.05) is 18.1 Å². The molecule has 0 bridgehead atoms. The van der Waals surface area contributed by atoms with E-state index in [-0.39, 0.29) is 23.4 Å². The highest BCUT2D eigenvalue weighted by Gasteiger charge is 2.35. The van der Waals surface area contributed by atoms with E-state index in [2.05, 4.69) is 0 Å². The van der Waals surface area contributed by atoms with E-state index in [9.17, 15) is 23.3 Å². The Labute approximate surface area is 119 Å². The summed E-state index contributed by atoms with van der Waals surface area (Å²) in [5.41, 5.74) is -0.996. The van der Waals surface area contributed by atoms with E-state index in [0.29, 0.717) is 0 Å². The van der Waals surface area contributed by atoms with E-state index >= 15 is 0 Å². The summed E-state index contributed by atoms with van der Waals surface area (Å²) in [6, 6.07) is 1.83. The van der Waals surface area contributed by atoms with Gasteiger partial charge in [-0.2, -0.15) is 13.2 Å². The number of nitrogens with zero attached hydrogens (tertiary/aromatic N) is 1. The van der Waals surface area contributed by atoms with Crippen molar-refractivity contribution in [3.05, 3.63) is 39.1 Å². The number of allylic oxidation sites excluding steroid dienone is 1. The van der Waals surface area contributed by atoms with Gasteiger partial charge in [-0.1, -0.05) is 6.92 Å². The van der Waals surface area contributed by atoms with E-state index < -0.39 is 22.4 Å². The van der Waals surface area contributed by atoms with Gasteiger partial charge in [-0.25, -0.2) is 0 Å². The SMILES string of the molecule is CC/C(=C\c1cc(OC)c(C(F)(F)F)cc1OC)[N+](=O)[O-]. The van der Waals surface area contributed by atoms with Gasteiger partial charge in [-0.05, 0) is 12.1 Å². The molecular weight excluding hydrogens is 291 g/mol. The molecule has 0 N–H and O–H groups in total. The van der Waals surface area contributed by atoms with Crippen molar-refractivity contribution in [1.29, 1.82) is 0 Å². The Morgan fingerprint density at radius 1 is 1.29 bits per heavy atom. The largest absolute Gasteiger partial charge is 0.496 e. The number of halogens is 3. The average Bonchev–Trinajstić information content (AvgIpc) is 2.42. The molecule has 0 heterocycles. The van der Waals surface area contributed by atoms with Crippen molar-refractivity contribution < 1.29 is 27.6 Å². The van der Waals surface area contributed by atoms with Crippen molar-refractivity contribution in [3.63, 3.8) is 0 Å². The summed E-state index contributed by atoms with van der Waals surface area (Å²) in [6.45, 7) is 1.57. The summed E-state index contributed by atoms with van der Waals surface area (Å²) in [6.07, 6.45) is -3.32. The summed E-state index contributed by atoms with van der Waals surface area (Å²) in [5, 5.41) is 10.8. The van der Waals surface area contributed by atoms with E-state index in [1.165, 1.54) is 13.2 Å². The lowest BCUT2D eigenvalue weighted by Gasteiger charge is -2.15. The van der Waals surface area contributed by atoms with Crippen LogP contribution in [0.3, 0.4) is 0 Å². The van der Waals surface area contributed by atoms with Gasteiger partial charge in [0.15, 0.2) is 0 Å². The molecule has 1 aromatic carbocycles. The molecule has 0 unspecified atom stereocenters. The van der Waals surface area contributed by atoms with Crippen LogP contribution >= 0.6 is 0 Å². The van der Waals surface area contributed by atoms with Crippen LogP contribution in [0.1, 0.15) is 24.5 Å². The Morgan fingerprint density at radius 3 is 2.24 bits per heavy atom. The molecule has 1 aromatic rings. The number of nitro groups is 1. The molecule has 21 heavy (non-hydrogen) atoms. The number of methoxy groups -OCH3 is 2. The lowest BCUT2D eigenvalue weighted by atomic mass is 10.1. The highest BCUT2D eigenvalue weighted by molar-refractivity contribution is 5.63. The summed E-state index contributed by atoms with van der Waals surface area (Å²) < 4.78 is 48.2. The molecule has 8 heteroatoms. The normalized spacial score (nSPS) is 12.2. The van der Waals surface area contributed by atoms with Gasteiger partial charge in [-0.15, -0.1) is 0 Å². The van der Waals surface area contributed by atoms with Gasteiger partial charge in [0.2, 0.25) is 5.70 Å². The Hall–Kier alpha value is -2.25. The third kappa shape index (κ3) is 3.87. The van der Waals surface area contributed by atoms with Crippen LogP contribution in [-0.4, -0.2) is 19.1 Å². The average molecular weight is 305 g/mol. The Balaban J connectivity index is 3.51. The van der Waals surface area contributed by atoms with E-state index in [4.69, 9.17) is 9.47 Å². The van der Waals surface area contributed by atoms with Crippen LogP contribution in [0.5, 0.6) is 11.5 Å². The standard InChI is InChI=1S/C13H14F3NO4/c1-4-9(17(18)19)5-8-6-12(21-3)10(13(14,15)16)7-11(8)20-2/h5-7H,4H2,1-3H3/b9-5+. The molecule has 0 aliphatic carbocycles. The van der Waals surface area contributed by atoms with Crippen LogP contribution in [0.2, 0.25) is 0 Å². The van der Waals surface area contributed by atoms with Gasteiger partial charge in [-0.3, -0.25) is 10.1 Å². The lowest BCUT2D eigenvalue weighted by molar-refractivity contribution is -0.425. The molecule has 0 aromatic heterocycles. The van der Waals surface area contributed by atoms with Gasteiger partial charge >= 0.3 is 6.18 Å².